The second-order valence-electron chi connectivity index (χ2n) is 5.91. The Hall–Kier alpha value is -3.38. The Morgan fingerprint density at radius 1 is 1.14 bits per heavy atom. The highest BCUT2D eigenvalue weighted by Gasteiger charge is 2.09. The summed E-state index contributed by atoms with van der Waals surface area (Å²) in [5.74, 6) is 0.732. The van der Waals surface area contributed by atoms with Gasteiger partial charge in [0.25, 0.3) is 0 Å². The molecule has 0 radical (unpaired) electrons. The Morgan fingerprint density at radius 3 is 2.54 bits per heavy atom. The van der Waals surface area contributed by atoms with Crippen LogP contribution in [-0.4, -0.2) is 27.7 Å². The molecule has 0 spiro atoms. The lowest BCUT2D eigenvalue weighted by Gasteiger charge is -2.22. The largest absolute Gasteiger partial charge is 0.465 e. The molecule has 0 fully saturated rings. The first-order valence-electron chi connectivity index (χ1n) is 8.69. The SMILES string of the molecule is CCN(c1cccc(/C=C/c2cccc(NC(=O)O)c2)c1)c1ccnc(Cl)n1. The van der Waals surface area contributed by atoms with Gasteiger partial charge in [-0.3, -0.25) is 5.32 Å². The highest BCUT2D eigenvalue weighted by atomic mass is 35.5. The summed E-state index contributed by atoms with van der Waals surface area (Å²) in [4.78, 5) is 21.0. The molecule has 3 aromatic rings. The smallest absolute Gasteiger partial charge is 0.409 e. The number of hydrogen-bond donors (Lipinski definition) is 2. The van der Waals surface area contributed by atoms with Crippen LogP contribution in [0.5, 0.6) is 0 Å². The van der Waals surface area contributed by atoms with Crippen LogP contribution in [-0.2, 0) is 0 Å². The molecular formula is C21H19ClN4O2. The van der Waals surface area contributed by atoms with Gasteiger partial charge in [0.15, 0.2) is 0 Å². The van der Waals surface area contributed by atoms with Gasteiger partial charge in [-0.2, -0.15) is 0 Å². The number of carboxylic acid groups (broad SMARTS) is 1. The molecule has 1 aromatic heterocycles. The predicted octanol–water partition coefficient (Wildman–Crippen LogP) is 5.55. The molecule has 0 saturated heterocycles. The molecule has 0 unspecified atom stereocenters. The summed E-state index contributed by atoms with van der Waals surface area (Å²) in [5, 5.41) is 11.4. The maximum absolute atomic E-state index is 10.8. The fourth-order valence-corrected chi connectivity index (χ4v) is 2.93. The fraction of sp³-hybridized carbons (Fsp3) is 0.0952. The summed E-state index contributed by atoms with van der Waals surface area (Å²) in [6.07, 6.45) is 4.46. The monoisotopic (exact) mass is 394 g/mol. The maximum atomic E-state index is 10.8. The van der Waals surface area contributed by atoms with Gasteiger partial charge in [-0.05, 0) is 60.0 Å². The van der Waals surface area contributed by atoms with Crippen molar-refractivity contribution in [1.82, 2.24) is 9.97 Å². The van der Waals surface area contributed by atoms with Gasteiger partial charge >= 0.3 is 6.09 Å². The molecule has 0 aliphatic carbocycles. The summed E-state index contributed by atoms with van der Waals surface area (Å²) in [6, 6.07) is 17.0. The van der Waals surface area contributed by atoms with Crippen molar-refractivity contribution in [2.75, 3.05) is 16.8 Å². The average molecular weight is 395 g/mol. The third-order valence-electron chi connectivity index (χ3n) is 3.99. The summed E-state index contributed by atoms with van der Waals surface area (Å²) < 4.78 is 0. The van der Waals surface area contributed by atoms with E-state index in [9.17, 15) is 4.79 Å². The van der Waals surface area contributed by atoms with Crippen molar-refractivity contribution in [3.8, 4) is 0 Å². The van der Waals surface area contributed by atoms with Crippen molar-refractivity contribution >= 4 is 47.0 Å². The normalized spacial score (nSPS) is 10.8. The topological polar surface area (TPSA) is 78.4 Å². The van der Waals surface area contributed by atoms with Gasteiger partial charge < -0.3 is 10.0 Å². The van der Waals surface area contributed by atoms with E-state index in [1.807, 2.05) is 54.3 Å². The molecule has 3 rings (SSSR count). The average Bonchev–Trinajstić information content (AvgIpc) is 2.67. The Balaban J connectivity index is 1.83. The lowest BCUT2D eigenvalue weighted by Crippen LogP contribution is -2.17. The van der Waals surface area contributed by atoms with E-state index in [2.05, 4.69) is 21.4 Å². The number of amides is 1. The Labute approximate surface area is 168 Å². The van der Waals surface area contributed by atoms with E-state index >= 15 is 0 Å². The van der Waals surface area contributed by atoms with Gasteiger partial charge in [0.1, 0.15) is 5.82 Å². The van der Waals surface area contributed by atoms with Crippen LogP contribution in [0.4, 0.5) is 22.0 Å². The van der Waals surface area contributed by atoms with Crippen molar-refractivity contribution in [2.24, 2.45) is 0 Å². The summed E-state index contributed by atoms with van der Waals surface area (Å²) in [7, 11) is 0. The Morgan fingerprint density at radius 2 is 1.86 bits per heavy atom. The molecule has 28 heavy (non-hydrogen) atoms. The number of nitrogens with zero attached hydrogens (tertiary/aromatic N) is 3. The molecular weight excluding hydrogens is 376 g/mol. The zero-order chi connectivity index (χ0) is 19.9. The molecule has 0 bridgehead atoms. The molecule has 7 heteroatoms. The molecule has 1 amide bonds. The van der Waals surface area contributed by atoms with Crippen LogP contribution in [0.15, 0.2) is 60.8 Å². The van der Waals surface area contributed by atoms with Gasteiger partial charge in [0.05, 0.1) is 0 Å². The van der Waals surface area contributed by atoms with Crippen molar-refractivity contribution in [1.29, 1.82) is 0 Å². The van der Waals surface area contributed by atoms with Crippen molar-refractivity contribution in [3.63, 3.8) is 0 Å². The number of benzene rings is 2. The van der Waals surface area contributed by atoms with E-state index in [4.69, 9.17) is 16.7 Å². The minimum atomic E-state index is -1.08. The lowest BCUT2D eigenvalue weighted by molar-refractivity contribution is 0.210. The third-order valence-corrected chi connectivity index (χ3v) is 4.17. The highest BCUT2D eigenvalue weighted by molar-refractivity contribution is 6.28. The number of carbonyl (C=O) groups is 1. The standard InChI is InChI=1S/C21H19ClN4O2/c1-2-26(19-11-12-23-20(22)25-19)18-8-4-6-16(14-18)10-9-15-5-3-7-17(13-15)24-21(27)28/h3-14,24H,2H2,1H3,(H,27,28)/b10-9+. The third kappa shape index (κ3) is 5.08. The quantitative estimate of drug-likeness (QED) is 0.423. The Bertz CT molecular complexity index is 1010. The number of rotatable bonds is 6. The summed E-state index contributed by atoms with van der Waals surface area (Å²) in [5.41, 5.74) is 3.42. The maximum Gasteiger partial charge on any atom is 0.409 e. The first-order valence-corrected chi connectivity index (χ1v) is 9.07. The van der Waals surface area contributed by atoms with Crippen LogP contribution in [0.1, 0.15) is 18.1 Å². The zero-order valence-corrected chi connectivity index (χ0v) is 16.0. The molecule has 2 aromatic carbocycles. The second-order valence-corrected chi connectivity index (χ2v) is 6.25. The van der Waals surface area contributed by atoms with E-state index < -0.39 is 6.09 Å². The lowest BCUT2D eigenvalue weighted by atomic mass is 10.1. The number of anilines is 3. The fourth-order valence-electron chi connectivity index (χ4n) is 2.79. The molecule has 0 aliphatic rings. The molecule has 0 saturated carbocycles. The number of hydrogen-bond acceptors (Lipinski definition) is 4. The molecule has 6 nitrogen and oxygen atoms in total. The zero-order valence-electron chi connectivity index (χ0n) is 15.2. The first-order chi connectivity index (χ1) is 13.5. The van der Waals surface area contributed by atoms with Gasteiger partial charge in [-0.25, -0.2) is 14.8 Å². The Kier molecular flexibility index (Phi) is 6.24. The highest BCUT2D eigenvalue weighted by Crippen LogP contribution is 2.25. The number of nitrogens with one attached hydrogen (secondary N) is 1. The van der Waals surface area contributed by atoms with Crippen LogP contribution >= 0.6 is 11.6 Å². The predicted molar refractivity (Wildman–Crippen MR) is 113 cm³/mol. The summed E-state index contributed by atoms with van der Waals surface area (Å²) in [6.45, 7) is 2.77. The number of halogens is 1. The molecule has 1 heterocycles. The molecule has 0 atom stereocenters. The van der Waals surface area contributed by atoms with Crippen molar-refractivity contribution < 1.29 is 9.90 Å². The summed E-state index contributed by atoms with van der Waals surface area (Å²) >= 11 is 5.92. The van der Waals surface area contributed by atoms with E-state index in [0.717, 1.165) is 29.2 Å². The van der Waals surface area contributed by atoms with Crippen LogP contribution in [0, 0.1) is 0 Å². The van der Waals surface area contributed by atoms with Gasteiger partial charge in [0, 0.05) is 24.1 Å². The van der Waals surface area contributed by atoms with E-state index in [-0.39, 0.29) is 5.28 Å². The number of aromatic nitrogens is 2. The van der Waals surface area contributed by atoms with E-state index in [1.54, 1.807) is 24.4 Å². The van der Waals surface area contributed by atoms with Crippen LogP contribution in [0.3, 0.4) is 0 Å². The van der Waals surface area contributed by atoms with E-state index in [0.29, 0.717) is 5.69 Å². The van der Waals surface area contributed by atoms with Gasteiger partial charge in [-0.1, -0.05) is 36.4 Å². The van der Waals surface area contributed by atoms with E-state index in [1.165, 1.54) is 0 Å². The van der Waals surface area contributed by atoms with Crippen molar-refractivity contribution in [3.05, 3.63) is 77.2 Å². The minimum absolute atomic E-state index is 0.210. The molecule has 2 N–H and O–H groups in total. The van der Waals surface area contributed by atoms with Crippen LogP contribution in [0.2, 0.25) is 5.28 Å². The first kappa shape index (κ1) is 19.4. The van der Waals surface area contributed by atoms with Crippen molar-refractivity contribution in [2.45, 2.75) is 6.92 Å². The van der Waals surface area contributed by atoms with Gasteiger partial charge in [-0.15, -0.1) is 0 Å². The van der Waals surface area contributed by atoms with Crippen LogP contribution < -0.4 is 10.2 Å². The second kappa shape index (κ2) is 9.01. The molecule has 142 valence electrons. The minimum Gasteiger partial charge on any atom is -0.465 e. The van der Waals surface area contributed by atoms with Gasteiger partial charge in [0.2, 0.25) is 5.28 Å². The van der Waals surface area contributed by atoms with Crippen LogP contribution in [0.25, 0.3) is 12.2 Å². The molecule has 0 aliphatic heterocycles.